The van der Waals surface area contributed by atoms with Gasteiger partial charge in [0, 0.05) is 10.0 Å². The van der Waals surface area contributed by atoms with Crippen molar-refractivity contribution in [3.8, 4) is 0 Å². The third kappa shape index (κ3) is 3.20. The highest BCUT2D eigenvalue weighted by molar-refractivity contribution is 9.10. The average Bonchev–Trinajstić information content (AvgIpc) is 2.43. The molecule has 0 saturated carbocycles. The molecule has 1 atom stereocenters. The first-order valence-electron chi connectivity index (χ1n) is 5.87. The Morgan fingerprint density at radius 1 is 1.10 bits per heavy atom. The van der Waals surface area contributed by atoms with Crippen LogP contribution in [0.5, 0.6) is 0 Å². The summed E-state index contributed by atoms with van der Waals surface area (Å²) in [5, 5.41) is 0. The summed E-state index contributed by atoms with van der Waals surface area (Å²) in [6, 6.07) is 7.60. The zero-order valence-corrected chi connectivity index (χ0v) is 11.9. The number of halogens is 4. The maximum Gasteiger partial charge on any atom is 0.162 e. The lowest BCUT2D eigenvalue weighted by atomic mass is 9.98. The number of nitrogens with two attached hydrogens (primary N) is 1. The largest absolute Gasteiger partial charge is 0.271 e. The molecule has 6 heteroatoms. The fourth-order valence-electron chi connectivity index (χ4n) is 1.97. The van der Waals surface area contributed by atoms with Gasteiger partial charge >= 0.3 is 0 Å². The van der Waals surface area contributed by atoms with E-state index in [4.69, 9.17) is 5.84 Å². The van der Waals surface area contributed by atoms with Crippen LogP contribution in [0.1, 0.15) is 17.2 Å². The quantitative estimate of drug-likeness (QED) is 0.656. The second-order valence-electron chi connectivity index (χ2n) is 4.30. The number of hydrogen-bond donors (Lipinski definition) is 2. The van der Waals surface area contributed by atoms with Crippen LogP contribution in [0.3, 0.4) is 0 Å². The molecule has 0 bridgehead atoms. The molecule has 0 saturated heterocycles. The highest BCUT2D eigenvalue weighted by atomic mass is 79.9. The Morgan fingerprint density at radius 3 is 2.55 bits per heavy atom. The number of hydrazine groups is 1. The minimum atomic E-state index is -0.942. The molecular formula is C14H12BrF3N2. The van der Waals surface area contributed by atoms with Gasteiger partial charge in [0.1, 0.15) is 5.82 Å². The number of nitrogens with one attached hydrogen (secondary N) is 1. The van der Waals surface area contributed by atoms with Crippen molar-refractivity contribution in [1.29, 1.82) is 0 Å². The van der Waals surface area contributed by atoms with Crippen molar-refractivity contribution in [2.75, 3.05) is 0 Å². The summed E-state index contributed by atoms with van der Waals surface area (Å²) in [7, 11) is 0. The van der Waals surface area contributed by atoms with Gasteiger partial charge in [0.15, 0.2) is 11.6 Å². The van der Waals surface area contributed by atoms with Gasteiger partial charge in [-0.1, -0.05) is 28.1 Å². The second kappa shape index (κ2) is 6.39. The van der Waals surface area contributed by atoms with Gasteiger partial charge in [-0.3, -0.25) is 11.3 Å². The summed E-state index contributed by atoms with van der Waals surface area (Å²) < 4.78 is 41.3. The maximum atomic E-state index is 13.8. The molecule has 2 rings (SSSR count). The number of benzene rings is 2. The molecule has 0 aromatic heterocycles. The molecule has 0 aliphatic carbocycles. The van der Waals surface area contributed by atoms with Gasteiger partial charge in [-0.05, 0) is 36.2 Å². The van der Waals surface area contributed by atoms with Gasteiger partial charge in [-0.15, -0.1) is 0 Å². The first-order chi connectivity index (χ1) is 9.52. The normalized spacial score (nSPS) is 12.4. The van der Waals surface area contributed by atoms with Gasteiger partial charge in [-0.25, -0.2) is 13.2 Å². The van der Waals surface area contributed by atoms with Crippen molar-refractivity contribution in [3.05, 3.63) is 69.4 Å². The summed E-state index contributed by atoms with van der Waals surface area (Å²) in [6.45, 7) is 0. The molecule has 0 spiro atoms. The molecule has 0 amide bonds. The predicted molar refractivity (Wildman–Crippen MR) is 74.2 cm³/mol. The first kappa shape index (κ1) is 15.0. The molecule has 0 fully saturated rings. The van der Waals surface area contributed by atoms with E-state index in [0.29, 0.717) is 4.47 Å². The Balaban J connectivity index is 2.34. The van der Waals surface area contributed by atoms with Gasteiger partial charge in [0.2, 0.25) is 0 Å². The molecule has 0 radical (unpaired) electrons. The lowest BCUT2D eigenvalue weighted by Gasteiger charge is -2.18. The molecule has 106 valence electrons. The van der Waals surface area contributed by atoms with Crippen LogP contribution in [0, 0.1) is 17.5 Å². The zero-order valence-electron chi connectivity index (χ0n) is 10.3. The third-order valence-electron chi connectivity index (χ3n) is 2.99. The fraction of sp³-hybridized carbons (Fsp3) is 0.143. The topological polar surface area (TPSA) is 38.0 Å². The first-order valence-corrected chi connectivity index (χ1v) is 6.66. The molecule has 0 aliphatic heterocycles. The highest BCUT2D eigenvalue weighted by Crippen LogP contribution is 2.25. The van der Waals surface area contributed by atoms with Crippen molar-refractivity contribution < 1.29 is 13.2 Å². The SMILES string of the molecule is NNC(Cc1cccc(F)c1F)c1cc(Br)ccc1F. The number of hydrogen-bond acceptors (Lipinski definition) is 2. The summed E-state index contributed by atoms with van der Waals surface area (Å²) in [6.07, 6.45) is 0.0352. The Kier molecular flexibility index (Phi) is 4.80. The monoisotopic (exact) mass is 344 g/mol. The Bertz CT molecular complexity index is 619. The van der Waals surface area contributed by atoms with Crippen LogP contribution >= 0.6 is 15.9 Å². The zero-order chi connectivity index (χ0) is 14.7. The van der Waals surface area contributed by atoms with Crippen LogP contribution < -0.4 is 11.3 Å². The van der Waals surface area contributed by atoms with Crippen molar-refractivity contribution in [1.82, 2.24) is 5.43 Å². The number of rotatable bonds is 4. The van der Waals surface area contributed by atoms with E-state index in [9.17, 15) is 13.2 Å². The minimum Gasteiger partial charge on any atom is -0.271 e. The van der Waals surface area contributed by atoms with E-state index in [1.807, 2.05) is 0 Å². The van der Waals surface area contributed by atoms with Crippen molar-refractivity contribution >= 4 is 15.9 Å². The van der Waals surface area contributed by atoms with Gasteiger partial charge in [-0.2, -0.15) is 0 Å². The minimum absolute atomic E-state index is 0.0352. The van der Waals surface area contributed by atoms with E-state index < -0.39 is 23.5 Å². The lowest BCUT2D eigenvalue weighted by molar-refractivity contribution is 0.472. The van der Waals surface area contributed by atoms with Crippen LogP contribution in [0.25, 0.3) is 0 Å². The van der Waals surface area contributed by atoms with Gasteiger partial charge in [0.05, 0.1) is 6.04 Å². The van der Waals surface area contributed by atoms with E-state index >= 15 is 0 Å². The average molecular weight is 345 g/mol. The van der Waals surface area contributed by atoms with Crippen molar-refractivity contribution in [3.63, 3.8) is 0 Å². The summed E-state index contributed by atoms with van der Waals surface area (Å²) in [4.78, 5) is 0. The van der Waals surface area contributed by atoms with E-state index in [-0.39, 0.29) is 17.5 Å². The van der Waals surface area contributed by atoms with Crippen LogP contribution in [-0.4, -0.2) is 0 Å². The van der Waals surface area contributed by atoms with E-state index in [1.54, 1.807) is 12.1 Å². The van der Waals surface area contributed by atoms with E-state index in [0.717, 1.165) is 6.07 Å². The third-order valence-corrected chi connectivity index (χ3v) is 3.48. The van der Waals surface area contributed by atoms with Gasteiger partial charge < -0.3 is 0 Å². The second-order valence-corrected chi connectivity index (χ2v) is 5.22. The molecular weight excluding hydrogens is 333 g/mol. The molecule has 20 heavy (non-hydrogen) atoms. The van der Waals surface area contributed by atoms with Crippen LogP contribution in [0.4, 0.5) is 13.2 Å². The summed E-state index contributed by atoms with van der Waals surface area (Å²) >= 11 is 3.24. The molecule has 3 N–H and O–H groups in total. The Morgan fingerprint density at radius 2 is 1.85 bits per heavy atom. The maximum absolute atomic E-state index is 13.8. The Hall–Kier alpha value is -1.37. The highest BCUT2D eigenvalue weighted by Gasteiger charge is 2.18. The van der Waals surface area contributed by atoms with E-state index in [1.165, 1.54) is 18.2 Å². The van der Waals surface area contributed by atoms with Crippen LogP contribution in [-0.2, 0) is 6.42 Å². The Labute approximate surface area is 122 Å². The smallest absolute Gasteiger partial charge is 0.162 e. The molecule has 0 aliphatic rings. The van der Waals surface area contributed by atoms with E-state index in [2.05, 4.69) is 21.4 Å². The lowest BCUT2D eigenvalue weighted by Crippen LogP contribution is -2.30. The van der Waals surface area contributed by atoms with Crippen molar-refractivity contribution in [2.45, 2.75) is 12.5 Å². The van der Waals surface area contributed by atoms with Gasteiger partial charge in [0.25, 0.3) is 0 Å². The molecule has 0 heterocycles. The van der Waals surface area contributed by atoms with Crippen LogP contribution in [0.2, 0.25) is 0 Å². The fourth-order valence-corrected chi connectivity index (χ4v) is 2.35. The van der Waals surface area contributed by atoms with Crippen molar-refractivity contribution in [2.24, 2.45) is 5.84 Å². The summed E-state index contributed by atoms with van der Waals surface area (Å²) in [5.41, 5.74) is 2.85. The molecule has 2 nitrogen and oxygen atoms in total. The van der Waals surface area contributed by atoms with Crippen LogP contribution in [0.15, 0.2) is 40.9 Å². The predicted octanol–water partition coefficient (Wildman–Crippen LogP) is 3.61. The molecule has 1 unspecified atom stereocenters. The molecule has 2 aromatic carbocycles. The molecule has 2 aromatic rings. The standard InChI is InChI=1S/C14H12BrF3N2/c15-9-4-5-11(16)10(7-9)13(20-19)6-8-2-1-3-12(17)14(8)18/h1-5,7,13,20H,6,19H2. The summed E-state index contributed by atoms with van der Waals surface area (Å²) in [5.74, 6) is 3.07.